The molecule has 2 heterocycles. The van der Waals surface area contributed by atoms with Crippen molar-refractivity contribution in [3.63, 3.8) is 0 Å². The molecule has 2 aliphatic heterocycles. The molecule has 0 bridgehead atoms. The number of quaternary nitrogens is 1. The molecule has 2 atom stereocenters. The lowest BCUT2D eigenvalue weighted by molar-refractivity contribution is -0.132. The molecule has 1 aromatic carbocycles. The number of hydrogen-bond donors (Lipinski definition) is 3. The van der Waals surface area contributed by atoms with Crippen LogP contribution in [0.3, 0.4) is 0 Å². The Labute approximate surface area is 188 Å². The van der Waals surface area contributed by atoms with Crippen molar-refractivity contribution in [2.45, 2.75) is 58.5 Å². The van der Waals surface area contributed by atoms with Crippen molar-refractivity contribution < 1.29 is 19.0 Å². The van der Waals surface area contributed by atoms with Crippen LogP contribution in [0.1, 0.15) is 45.6 Å². The van der Waals surface area contributed by atoms with E-state index in [-0.39, 0.29) is 57.9 Å². The number of halogens is 1. The molecule has 2 unspecified atom stereocenters. The molecule has 1 saturated carbocycles. The number of carboxylic acid groups (broad SMARTS) is 1. The van der Waals surface area contributed by atoms with Gasteiger partial charge in [-0.25, -0.2) is 9.18 Å². The van der Waals surface area contributed by atoms with Gasteiger partial charge in [0.1, 0.15) is 11.9 Å². The van der Waals surface area contributed by atoms with Crippen molar-refractivity contribution in [3.05, 3.63) is 28.4 Å². The third-order valence-electron chi connectivity index (χ3n) is 7.11. The second-order valence-corrected chi connectivity index (χ2v) is 9.82. The predicted octanol–water partition coefficient (Wildman–Crippen LogP) is 3.12. The molecule has 0 spiro atoms. The van der Waals surface area contributed by atoms with Crippen LogP contribution in [0.5, 0.6) is 5.75 Å². The highest BCUT2D eigenvalue weighted by Crippen LogP contribution is 2.55. The first-order valence-electron chi connectivity index (χ1n) is 11.3. The number of nitrogens with two attached hydrogens (primary N) is 1. The molecular formula is C23H33FN4O4. The zero-order chi connectivity index (χ0) is 23.4. The number of aliphatic carboxylic acids is 1. The third-order valence-corrected chi connectivity index (χ3v) is 7.11. The molecule has 1 aliphatic carbocycles. The highest BCUT2D eigenvalue weighted by atomic mass is 19.1. The van der Waals surface area contributed by atoms with Gasteiger partial charge < -0.3 is 31.0 Å². The minimum atomic E-state index is -1.19. The molecule has 32 heavy (non-hydrogen) atoms. The molecule has 0 radical (unpaired) electrons. The van der Waals surface area contributed by atoms with Gasteiger partial charge in [-0.1, -0.05) is 20.8 Å². The van der Waals surface area contributed by atoms with Gasteiger partial charge in [0.2, 0.25) is 5.75 Å². The highest BCUT2D eigenvalue weighted by molar-refractivity contribution is 5.93. The molecule has 176 valence electrons. The number of fused-ring (bicyclic) bond motifs is 1. The van der Waals surface area contributed by atoms with E-state index in [9.17, 15) is 15.1 Å². The Morgan fingerprint density at radius 1 is 1.44 bits per heavy atom. The fourth-order valence-electron chi connectivity index (χ4n) is 5.34. The van der Waals surface area contributed by atoms with E-state index < -0.39 is 16.4 Å². The summed E-state index contributed by atoms with van der Waals surface area (Å²) in [5, 5.41) is 27.2. The Bertz CT molecular complexity index is 975. The monoisotopic (exact) mass is 448 g/mol. The molecule has 3 aliphatic rings. The molecular weight excluding hydrogens is 415 g/mol. The van der Waals surface area contributed by atoms with Gasteiger partial charge in [0.25, 0.3) is 0 Å². The lowest BCUT2D eigenvalue weighted by Crippen LogP contribution is -2.54. The second kappa shape index (κ2) is 7.90. The Balaban J connectivity index is 1.87. The van der Waals surface area contributed by atoms with Crippen molar-refractivity contribution in [2.24, 2.45) is 5.41 Å². The summed E-state index contributed by atoms with van der Waals surface area (Å²) in [7, 11) is 1.43. The number of anilines is 2. The van der Waals surface area contributed by atoms with E-state index in [1.54, 1.807) is 0 Å². The normalized spacial score (nSPS) is 27.0. The van der Waals surface area contributed by atoms with Gasteiger partial charge >= 0.3 is 5.97 Å². The molecule has 0 aromatic heterocycles. The number of carbonyl (C=O) groups is 1. The van der Waals surface area contributed by atoms with Crippen molar-refractivity contribution in [1.82, 2.24) is 9.96 Å². The number of hydrogen-bond acceptors (Lipinski definition) is 6. The van der Waals surface area contributed by atoms with Gasteiger partial charge in [0, 0.05) is 44.0 Å². The largest absolute Gasteiger partial charge is 0.622 e. The number of methoxy groups -OCH3 is 1. The average molecular weight is 449 g/mol. The molecule has 9 heteroatoms. The smallest absolute Gasteiger partial charge is 0.337 e. The van der Waals surface area contributed by atoms with Crippen molar-refractivity contribution in [3.8, 4) is 5.75 Å². The van der Waals surface area contributed by atoms with Crippen LogP contribution >= 0.6 is 0 Å². The van der Waals surface area contributed by atoms with Crippen LogP contribution in [0.4, 0.5) is 21.5 Å². The van der Waals surface area contributed by atoms with Crippen LogP contribution in [0.25, 0.3) is 0 Å². The molecule has 1 saturated heterocycles. The van der Waals surface area contributed by atoms with Gasteiger partial charge in [0.15, 0.2) is 11.5 Å². The predicted molar refractivity (Wildman–Crippen MR) is 123 cm³/mol. The fourth-order valence-corrected chi connectivity index (χ4v) is 5.34. The Hall–Kier alpha value is -2.36. The summed E-state index contributed by atoms with van der Waals surface area (Å²) in [5.74, 6) is -1.66. The van der Waals surface area contributed by atoms with Crippen LogP contribution in [-0.4, -0.2) is 49.9 Å². The zero-order valence-electron chi connectivity index (χ0n) is 19.2. The Kier molecular flexibility index (Phi) is 5.63. The summed E-state index contributed by atoms with van der Waals surface area (Å²) >= 11 is 0. The van der Waals surface area contributed by atoms with Crippen LogP contribution < -0.4 is 25.3 Å². The summed E-state index contributed by atoms with van der Waals surface area (Å²) < 4.78 is 20.5. The van der Waals surface area contributed by atoms with E-state index in [0.29, 0.717) is 25.9 Å². The summed E-state index contributed by atoms with van der Waals surface area (Å²) in [6.45, 7) is 8.35. The standard InChI is InChI=1S/C23H33FN4O4/c1-5-26-16-8-9-27(12-23(16,2)3)19-17(24)18(25)15-10-13(22(29)30)11-28(31,14-6-7-14)20(15)21(19)32-4/h11,14,16,26H,5-10,12,25H2,1-4H3,(H,29,30). The molecule has 0 amide bonds. The lowest BCUT2D eigenvalue weighted by Gasteiger charge is -2.47. The Morgan fingerprint density at radius 2 is 2.12 bits per heavy atom. The molecule has 8 nitrogen and oxygen atoms in total. The third kappa shape index (κ3) is 3.52. The van der Waals surface area contributed by atoms with Gasteiger partial charge in [0.05, 0.1) is 24.4 Å². The SMILES string of the molecule is CCNC1CCN(c2c(F)c(N)c3c(c2OC)[N+]([O-])(C2CC2)C=C(C(=O)O)C3)CC1(C)C. The molecule has 4 rings (SSSR count). The minimum absolute atomic E-state index is 0.0621. The first-order chi connectivity index (χ1) is 15.0. The number of ether oxygens (including phenoxy) is 1. The van der Waals surface area contributed by atoms with Gasteiger partial charge in [-0.15, -0.1) is 0 Å². The molecule has 2 fully saturated rings. The van der Waals surface area contributed by atoms with Gasteiger partial charge in [-0.2, -0.15) is 0 Å². The average Bonchev–Trinajstić information content (AvgIpc) is 3.57. The van der Waals surface area contributed by atoms with Crippen molar-refractivity contribution in [2.75, 3.05) is 37.4 Å². The highest BCUT2D eigenvalue weighted by Gasteiger charge is 2.48. The second-order valence-electron chi connectivity index (χ2n) is 9.82. The van der Waals surface area contributed by atoms with Gasteiger partial charge in [-0.05, 0) is 18.4 Å². The maximum absolute atomic E-state index is 15.8. The number of piperidine rings is 1. The Morgan fingerprint density at radius 3 is 2.66 bits per heavy atom. The number of nitrogens with one attached hydrogen (secondary N) is 1. The van der Waals surface area contributed by atoms with Crippen LogP contribution in [0.15, 0.2) is 11.8 Å². The molecule has 1 aromatic rings. The number of carboxylic acids is 1. The maximum atomic E-state index is 15.8. The quantitative estimate of drug-likeness (QED) is 0.348. The van der Waals surface area contributed by atoms with Crippen molar-refractivity contribution in [1.29, 1.82) is 0 Å². The summed E-state index contributed by atoms with van der Waals surface area (Å²) in [5.41, 5.74) is 6.56. The topological polar surface area (TPSA) is 111 Å². The number of benzene rings is 1. The van der Waals surface area contributed by atoms with E-state index in [1.807, 2.05) is 4.90 Å². The number of rotatable bonds is 6. The molecule has 4 N–H and O–H groups in total. The number of nitrogens with zero attached hydrogens (tertiary/aromatic N) is 2. The summed E-state index contributed by atoms with van der Waals surface area (Å²) in [6, 6.07) is -0.0272. The number of nitrogen functional groups attached to an aromatic ring is 1. The van der Waals surface area contributed by atoms with E-state index in [2.05, 4.69) is 26.1 Å². The van der Waals surface area contributed by atoms with Crippen LogP contribution in [0.2, 0.25) is 0 Å². The fraction of sp³-hybridized carbons (Fsp3) is 0.609. The zero-order valence-corrected chi connectivity index (χ0v) is 19.2. The van der Waals surface area contributed by atoms with Gasteiger partial charge in [-0.3, -0.25) is 4.65 Å². The number of hydroxylamine groups is 2. The minimum Gasteiger partial charge on any atom is -0.622 e. The van der Waals surface area contributed by atoms with Crippen molar-refractivity contribution >= 4 is 23.0 Å². The maximum Gasteiger partial charge on any atom is 0.337 e. The van der Waals surface area contributed by atoms with Crippen LogP contribution in [-0.2, 0) is 11.2 Å². The summed E-state index contributed by atoms with van der Waals surface area (Å²) in [6.07, 6.45) is 3.29. The van der Waals surface area contributed by atoms with E-state index in [4.69, 9.17) is 10.5 Å². The van der Waals surface area contributed by atoms with Crippen LogP contribution in [0, 0.1) is 16.4 Å². The summed E-state index contributed by atoms with van der Waals surface area (Å²) in [4.78, 5) is 13.6. The van der Waals surface area contributed by atoms with E-state index >= 15 is 4.39 Å². The van der Waals surface area contributed by atoms with E-state index in [1.165, 1.54) is 13.3 Å². The first kappa shape index (κ1) is 22.8. The first-order valence-corrected chi connectivity index (χ1v) is 11.3. The lowest BCUT2D eigenvalue weighted by atomic mass is 9.78. The van der Waals surface area contributed by atoms with E-state index in [0.717, 1.165) is 13.0 Å².